The van der Waals surface area contributed by atoms with Crippen LogP contribution in [-0.2, 0) is 6.42 Å². The first-order valence-corrected chi connectivity index (χ1v) is 6.53. The Morgan fingerprint density at radius 3 is 2.85 bits per heavy atom. The molecule has 0 fully saturated rings. The van der Waals surface area contributed by atoms with E-state index < -0.39 is 5.97 Å². The van der Waals surface area contributed by atoms with Gasteiger partial charge in [-0.25, -0.2) is 9.78 Å². The van der Waals surface area contributed by atoms with Crippen LogP contribution in [0, 0.1) is 0 Å². The Hall–Kier alpha value is -2.49. The number of ether oxygens (including phenoxy) is 1. The molecule has 0 spiro atoms. The molecule has 0 atom stereocenters. The minimum absolute atomic E-state index is 0.149. The van der Waals surface area contributed by atoms with Crippen molar-refractivity contribution in [2.75, 3.05) is 0 Å². The number of nitrogens with zero attached hydrogens (tertiary/aromatic N) is 1. The first-order valence-electron chi connectivity index (χ1n) is 6.53. The van der Waals surface area contributed by atoms with Crippen LogP contribution in [0.2, 0.25) is 0 Å². The van der Waals surface area contributed by atoms with E-state index in [9.17, 15) is 9.59 Å². The number of carbonyl (C=O) groups excluding carboxylic acids is 2. The van der Waals surface area contributed by atoms with Crippen molar-refractivity contribution < 1.29 is 14.3 Å². The van der Waals surface area contributed by atoms with Gasteiger partial charge < -0.3 is 4.74 Å². The number of esters is 1. The van der Waals surface area contributed by atoms with Crippen molar-refractivity contribution in [3.63, 3.8) is 0 Å². The number of aryl methyl sites for hydroxylation is 1. The first-order chi connectivity index (χ1) is 9.74. The molecule has 0 aliphatic heterocycles. The van der Waals surface area contributed by atoms with Crippen LogP contribution in [0.1, 0.15) is 39.1 Å². The highest BCUT2D eigenvalue weighted by molar-refractivity contribution is 6.00. The summed E-state index contributed by atoms with van der Waals surface area (Å²) in [5.41, 5.74) is 2.10. The summed E-state index contributed by atoms with van der Waals surface area (Å²) < 4.78 is 5.18. The second-order valence-electron chi connectivity index (χ2n) is 4.71. The fourth-order valence-electron chi connectivity index (χ4n) is 2.33. The zero-order chi connectivity index (χ0) is 13.9. The number of hydrogen-bond donors (Lipinski definition) is 0. The van der Waals surface area contributed by atoms with E-state index in [0.29, 0.717) is 12.0 Å². The normalized spacial score (nSPS) is 13.7. The molecule has 0 amide bonds. The van der Waals surface area contributed by atoms with E-state index in [1.807, 2.05) is 0 Å². The van der Waals surface area contributed by atoms with Gasteiger partial charge in [-0.15, -0.1) is 0 Å². The molecule has 100 valence electrons. The molecule has 20 heavy (non-hydrogen) atoms. The van der Waals surface area contributed by atoms with E-state index in [2.05, 4.69) is 4.98 Å². The maximum Gasteiger partial charge on any atom is 0.344 e. The van der Waals surface area contributed by atoms with Gasteiger partial charge in [0.15, 0.2) is 5.78 Å². The Bertz CT molecular complexity index is 665. The molecule has 0 saturated carbocycles. The maximum absolute atomic E-state index is 12.0. The Morgan fingerprint density at radius 2 is 2.05 bits per heavy atom. The molecule has 1 aromatic carbocycles. The van der Waals surface area contributed by atoms with Crippen LogP contribution in [0.3, 0.4) is 0 Å². The van der Waals surface area contributed by atoms with Crippen molar-refractivity contribution in [2.45, 2.75) is 19.3 Å². The summed E-state index contributed by atoms with van der Waals surface area (Å²) in [6.45, 7) is 0. The van der Waals surface area contributed by atoms with Gasteiger partial charge in [-0.3, -0.25) is 4.79 Å². The molecule has 0 bridgehead atoms. The van der Waals surface area contributed by atoms with E-state index in [1.165, 1.54) is 0 Å². The van der Waals surface area contributed by atoms with Crippen LogP contribution in [0.25, 0.3) is 0 Å². The number of benzene rings is 1. The maximum atomic E-state index is 12.0. The largest absolute Gasteiger partial charge is 0.404 e. The van der Waals surface area contributed by atoms with Gasteiger partial charge in [-0.1, -0.05) is 12.1 Å². The lowest BCUT2D eigenvalue weighted by molar-refractivity contribution is 0.0726. The summed E-state index contributed by atoms with van der Waals surface area (Å²) in [6, 6.07) is 10.2. The highest BCUT2D eigenvalue weighted by atomic mass is 16.5. The van der Waals surface area contributed by atoms with Gasteiger partial charge >= 0.3 is 5.97 Å². The van der Waals surface area contributed by atoms with E-state index in [-0.39, 0.29) is 11.7 Å². The van der Waals surface area contributed by atoms with Gasteiger partial charge in [0.05, 0.1) is 5.56 Å². The Morgan fingerprint density at radius 1 is 1.15 bits per heavy atom. The van der Waals surface area contributed by atoms with Crippen LogP contribution < -0.4 is 4.74 Å². The lowest BCUT2D eigenvalue weighted by Crippen LogP contribution is -2.14. The topological polar surface area (TPSA) is 56.3 Å². The third-order valence-corrected chi connectivity index (χ3v) is 3.33. The van der Waals surface area contributed by atoms with Crippen molar-refractivity contribution in [2.24, 2.45) is 0 Å². The molecule has 0 unspecified atom stereocenters. The molecule has 4 heteroatoms. The molecule has 1 aliphatic carbocycles. The number of rotatable bonds is 2. The molecule has 2 aromatic rings. The summed E-state index contributed by atoms with van der Waals surface area (Å²) in [7, 11) is 0. The van der Waals surface area contributed by atoms with Gasteiger partial charge in [0, 0.05) is 24.2 Å². The summed E-state index contributed by atoms with van der Waals surface area (Å²) in [6.07, 6.45) is 3.81. The van der Waals surface area contributed by atoms with E-state index in [4.69, 9.17) is 4.74 Å². The van der Waals surface area contributed by atoms with Crippen molar-refractivity contribution in [3.05, 3.63) is 59.3 Å². The standard InChI is InChI=1S/C16H13NO3/c18-14-5-3-4-11-10-12(7-8-13(11)14)16(19)20-15-6-1-2-9-17-15/h1-2,6-10H,3-5H2. The SMILES string of the molecule is O=C(Oc1ccccn1)c1ccc2c(c1)CCCC2=O. The highest BCUT2D eigenvalue weighted by Crippen LogP contribution is 2.22. The molecule has 0 radical (unpaired) electrons. The average Bonchev–Trinajstić information content (AvgIpc) is 2.48. The van der Waals surface area contributed by atoms with Crippen LogP contribution in [-0.4, -0.2) is 16.7 Å². The van der Waals surface area contributed by atoms with E-state index in [0.717, 1.165) is 24.0 Å². The van der Waals surface area contributed by atoms with Crippen molar-refractivity contribution in [1.29, 1.82) is 0 Å². The fourth-order valence-corrected chi connectivity index (χ4v) is 2.33. The number of aromatic nitrogens is 1. The summed E-state index contributed by atoms with van der Waals surface area (Å²) >= 11 is 0. The minimum atomic E-state index is -0.454. The van der Waals surface area contributed by atoms with Gasteiger partial charge in [0.1, 0.15) is 0 Å². The van der Waals surface area contributed by atoms with E-state index in [1.54, 1.807) is 42.6 Å². The highest BCUT2D eigenvalue weighted by Gasteiger charge is 2.19. The predicted molar refractivity (Wildman–Crippen MR) is 72.9 cm³/mol. The monoisotopic (exact) mass is 267 g/mol. The summed E-state index contributed by atoms with van der Waals surface area (Å²) in [5.74, 6) is -0.0355. The van der Waals surface area contributed by atoms with Crippen LogP contribution in [0.15, 0.2) is 42.6 Å². The summed E-state index contributed by atoms with van der Waals surface area (Å²) in [5, 5.41) is 0. The second kappa shape index (κ2) is 5.25. The summed E-state index contributed by atoms with van der Waals surface area (Å²) in [4.78, 5) is 27.7. The first kappa shape index (κ1) is 12.5. The lowest BCUT2D eigenvalue weighted by atomic mass is 9.89. The zero-order valence-corrected chi connectivity index (χ0v) is 10.8. The van der Waals surface area contributed by atoms with Crippen molar-refractivity contribution in [1.82, 2.24) is 4.98 Å². The number of fused-ring (bicyclic) bond motifs is 1. The molecule has 3 rings (SSSR count). The third kappa shape index (κ3) is 2.45. The Kier molecular flexibility index (Phi) is 3.29. The Balaban J connectivity index is 1.84. The van der Waals surface area contributed by atoms with Gasteiger partial charge in [0.2, 0.25) is 5.88 Å². The molecule has 1 aliphatic rings. The Labute approximate surface area is 116 Å². The molecule has 0 saturated heterocycles. The average molecular weight is 267 g/mol. The molecular weight excluding hydrogens is 254 g/mol. The number of pyridine rings is 1. The number of hydrogen-bond acceptors (Lipinski definition) is 4. The van der Waals surface area contributed by atoms with Gasteiger partial charge in [-0.2, -0.15) is 0 Å². The number of ketones is 1. The fraction of sp³-hybridized carbons (Fsp3) is 0.188. The molecular formula is C16H13NO3. The minimum Gasteiger partial charge on any atom is -0.404 e. The van der Waals surface area contributed by atoms with Crippen LogP contribution in [0.4, 0.5) is 0 Å². The number of carbonyl (C=O) groups is 2. The predicted octanol–water partition coefficient (Wildman–Crippen LogP) is 2.82. The van der Waals surface area contributed by atoms with Crippen molar-refractivity contribution >= 4 is 11.8 Å². The molecule has 4 nitrogen and oxygen atoms in total. The van der Waals surface area contributed by atoms with Gasteiger partial charge in [-0.05, 0) is 36.6 Å². The second-order valence-corrected chi connectivity index (χ2v) is 4.71. The molecule has 0 N–H and O–H groups in total. The van der Waals surface area contributed by atoms with Crippen LogP contribution in [0.5, 0.6) is 5.88 Å². The number of Topliss-reactive ketones (excluding diaryl/α,β-unsaturated/α-hetero) is 1. The van der Waals surface area contributed by atoms with Gasteiger partial charge in [0.25, 0.3) is 0 Å². The van der Waals surface area contributed by atoms with Crippen LogP contribution >= 0.6 is 0 Å². The zero-order valence-electron chi connectivity index (χ0n) is 10.8. The quantitative estimate of drug-likeness (QED) is 0.785. The molecule has 1 aromatic heterocycles. The third-order valence-electron chi connectivity index (χ3n) is 3.33. The van der Waals surface area contributed by atoms with E-state index >= 15 is 0 Å². The lowest BCUT2D eigenvalue weighted by Gasteiger charge is -2.15. The smallest absolute Gasteiger partial charge is 0.344 e. The van der Waals surface area contributed by atoms with Crippen molar-refractivity contribution in [3.8, 4) is 5.88 Å². The molecule has 1 heterocycles.